The van der Waals surface area contributed by atoms with Crippen molar-refractivity contribution >= 4 is 17.8 Å². The Balaban J connectivity index is 1.33. The van der Waals surface area contributed by atoms with Crippen LogP contribution >= 0.6 is 0 Å². The summed E-state index contributed by atoms with van der Waals surface area (Å²) in [4.78, 5) is 22.8. The van der Waals surface area contributed by atoms with Crippen molar-refractivity contribution in [3.8, 4) is 11.5 Å². The van der Waals surface area contributed by atoms with Gasteiger partial charge in [-0.1, -0.05) is 19.8 Å². The smallest absolute Gasteiger partial charge is 0.269 e. The molecule has 1 amide bonds. The zero-order valence-electron chi connectivity index (χ0n) is 18.2. The Labute approximate surface area is 186 Å². The van der Waals surface area contributed by atoms with Crippen LogP contribution in [0.5, 0.6) is 11.5 Å². The maximum Gasteiger partial charge on any atom is 0.269 e. The van der Waals surface area contributed by atoms with Crippen molar-refractivity contribution in [1.29, 1.82) is 0 Å². The molecule has 4 rings (SSSR count). The third kappa shape index (κ3) is 4.44. The first kappa shape index (κ1) is 21.8. The van der Waals surface area contributed by atoms with E-state index in [1.165, 1.54) is 25.0 Å². The van der Waals surface area contributed by atoms with Crippen LogP contribution < -0.4 is 14.9 Å². The van der Waals surface area contributed by atoms with Gasteiger partial charge >= 0.3 is 0 Å². The molecule has 0 unspecified atom stereocenters. The van der Waals surface area contributed by atoms with Gasteiger partial charge in [0, 0.05) is 18.1 Å². The summed E-state index contributed by atoms with van der Waals surface area (Å²) in [5.74, 6) is 1.65. The lowest BCUT2D eigenvalue weighted by Gasteiger charge is -2.15. The molecule has 168 valence electrons. The number of carbonyl (C=O) groups is 1. The number of benzene rings is 2. The summed E-state index contributed by atoms with van der Waals surface area (Å²) in [5.41, 5.74) is 4.47. The highest BCUT2D eigenvalue weighted by atomic mass is 16.6. The fourth-order valence-electron chi connectivity index (χ4n) is 4.85. The predicted octanol–water partition coefficient (Wildman–Crippen LogP) is 4.46. The second-order valence-corrected chi connectivity index (χ2v) is 8.69. The third-order valence-electron chi connectivity index (χ3n) is 6.73. The lowest BCUT2D eigenvalue weighted by atomic mass is 9.90. The molecular weight excluding hydrogens is 410 g/mol. The van der Waals surface area contributed by atoms with Crippen molar-refractivity contribution in [3.05, 3.63) is 63.7 Å². The number of fused-ring (bicyclic) bond motifs is 1. The lowest BCUT2D eigenvalue weighted by Crippen LogP contribution is -2.22. The molecule has 0 bridgehead atoms. The van der Waals surface area contributed by atoms with Crippen molar-refractivity contribution in [2.75, 3.05) is 7.11 Å². The Kier molecular flexibility index (Phi) is 6.12. The molecular formula is C24H27N3O5. The third-order valence-corrected chi connectivity index (χ3v) is 6.73. The van der Waals surface area contributed by atoms with E-state index in [-0.39, 0.29) is 29.5 Å². The van der Waals surface area contributed by atoms with Gasteiger partial charge in [0.15, 0.2) is 11.5 Å². The Morgan fingerprint density at radius 3 is 2.69 bits per heavy atom. The summed E-state index contributed by atoms with van der Waals surface area (Å²) >= 11 is 0. The molecule has 8 heteroatoms. The Morgan fingerprint density at radius 2 is 2.03 bits per heavy atom. The maximum absolute atomic E-state index is 12.5. The first-order valence-corrected chi connectivity index (χ1v) is 10.8. The van der Waals surface area contributed by atoms with Gasteiger partial charge in [-0.3, -0.25) is 14.9 Å². The first-order valence-electron chi connectivity index (χ1n) is 10.8. The number of non-ortho nitro benzene ring substituents is 1. The van der Waals surface area contributed by atoms with E-state index in [2.05, 4.69) is 17.5 Å². The van der Waals surface area contributed by atoms with Crippen LogP contribution in [0.25, 0.3) is 0 Å². The second-order valence-electron chi connectivity index (χ2n) is 8.69. The SMILES string of the molecule is COc1cc(/C=N/NC(=O)[C@H]2[C@H]3CCCC[C@]32C)ccc1OCc1ccc([N+](=O)[O-])cc1. The summed E-state index contributed by atoms with van der Waals surface area (Å²) in [6, 6.07) is 11.6. The highest BCUT2D eigenvalue weighted by Crippen LogP contribution is 2.66. The van der Waals surface area contributed by atoms with Crippen LogP contribution in [0.4, 0.5) is 5.69 Å². The molecule has 3 atom stereocenters. The minimum Gasteiger partial charge on any atom is -0.493 e. The molecule has 1 N–H and O–H groups in total. The fraction of sp³-hybridized carbons (Fsp3) is 0.417. The molecule has 2 aromatic carbocycles. The van der Waals surface area contributed by atoms with Crippen molar-refractivity contribution in [2.24, 2.45) is 22.4 Å². The van der Waals surface area contributed by atoms with Gasteiger partial charge in [0.25, 0.3) is 5.69 Å². The van der Waals surface area contributed by atoms with Crippen LogP contribution in [0.3, 0.4) is 0 Å². The average Bonchev–Trinajstić information content (AvgIpc) is 3.43. The van der Waals surface area contributed by atoms with Gasteiger partial charge < -0.3 is 9.47 Å². The number of nitrogens with one attached hydrogen (secondary N) is 1. The number of carbonyl (C=O) groups excluding carboxylic acids is 1. The highest BCUT2D eigenvalue weighted by molar-refractivity contribution is 5.86. The largest absolute Gasteiger partial charge is 0.493 e. The van der Waals surface area contributed by atoms with Gasteiger partial charge in [0.05, 0.1) is 18.2 Å². The Hall–Kier alpha value is -3.42. The summed E-state index contributed by atoms with van der Waals surface area (Å²) in [5, 5.41) is 14.9. The van der Waals surface area contributed by atoms with E-state index >= 15 is 0 Å². The normalized spacial score (nSPS) is 23.9. The molecule has 2 aliphatic rings. The van der Waals surface area contributed by atoms with Crippen LogP contribution in [0.1, 0.15) is 43.7 Å². The van der Waals surface area contributed by atoms with Crippen LogP contribution in [-0.2, 0) is 11.4 Å². The molecule has 0 saturated heterocycles. The van der Waals surface area contributed by atoms with Crippen LogP contribution in [0.15, 0.2) is 47.6 Å². The summed E-state index contributed by atoms with van der Waals surface area (Å²) in [7, 11) is 1.55. The van der Waals surface area contributed by atoms with Gasteiger partial charge in [0.2, 0.25) is 5.91 Å². The van der Waals surface area contributed by atoms with E-state index in [9.17, 15) is 14.9 Å². The predicted molar refractivity (Wildman–Crippen MR) is 120 cm³/mol. The van der Waals surface area contributed by atoms with Gasteiger partial charge in [-0.05, 0) is 65.6 Å². The van der Waals surface area contributed by atoms with E-state index in [0.29, 0.717) is 17.4 Å². The molecule has 0 aromatic heterocycles. The van der Waals surface area contributed by atoms with Crippen molar-refractivity contribution in [1.82, 2.24) is 5.43 Å². The molecule has 2 aromatic rings. The van der Waals surface area contributed by atoms with Gasteiger partial charge in [-0.2, -0.15) is 5.10 Å². The highest BCUT2D eigenvalue weighted by Gasteiger charge is 2.64. The van der Waals surface area contributed by atoms with E-state index in [4.69, 9.17) is 9.47 Å². The van der Waals surface area contributed by atoms with Crippen molar-refractivity contribution in [2.45, 2.75) is 39.2 Å². The van der Waals surface area contributed by atoms with Crippen LogP contribution in [0.2, 0.25) is 0 Å². The number of ether oxygens (including phenoxy) is 2. The quantitative estimate of drug-likeness (QED) is 0.373. The van der Waals surface area contributed by atoms with Gasteiger partial charge in [0.1, 0.15) is 6.61 Å². The van der Waals surface area contributed by atoms with Gasteiger partial charge in [-0.25, -0.2) is 5.43 Å². The number of nitrogens with zero attached hydrogens (tertiary/aromatic N) is 2. The molecule has 32 heavy (non-hydrogen) atoms. The number of nitro groups is 1. The molecule has 8 nitrogen and oxygen atoms in total. The molecule has 2 saturated carbocycles. The van der Waals surface area contributed by atoms with E-state index in [1.54, 1.807) is 37.6 Å². The summed E-state index contributed by atoms with van der Waals surface area (Å²) in [6.07, 6.45) is 6.27. The van der Waals surface area contributed by atoms with Crippen LogP contribution in [0, 0.1) is 27.4 Å². The number of methoxy groups -OCH3 is 1. The molecule has 0 spiro atoms. The van der Waals surface area contributed by atoms with Crippen molar-refractivity contribution in [3.63, 3.8) is 0 Å². The number of hydrazone groups is 1. The van der Waals surface area contributed by atoms with Crippen LogP contribution in [-0.4, -0.2) is 24.2 Å². The number of hydrogen-bond donors (Lipinski definition) is 1. The molecule has 0 aliphatic heterocycles. The molecule has 2 aliphatic carbocycles. The monoisotopic (exact) mass is 437 g/mol. The van der Waals surface area contributed by atoms with Crippen molar-refractivity contribution < 1.29 is 19.2 Å². The number of hydrogen-bond acceptors (Lipinski definition) is 6. The summed E-state index contributed by atoms with van der Waals surface area (Å²) < 4.78 is 11.2. The zero-order chi connectivity index (χ0) is 22.7. The minimum absolute atomic E-state index is 0.00525. The number of amides is 1. The maximum atomic E-state index is 12.5. The topological polar surface area (TPSA) is 103 Å². The second kappa shape index (κ2) is 8.98. The Bertz CT molecular complexity index is 1040. The van der Waals surface area contributed by atoms with E-state index < -0.39 is 4.92 Å². The van der Waals surface area contributed by atoms with E-state index in [0.717, 1.165) is 24.0 Å². The lowest BCUT2D eigenvalue weighted by molar-refractivity contribution is -0.384. The standard InChI is InChI=1S/C24H27N3O5/c1-24-12-4-3-5-19(24)22(24)23(28)26-25-14-17-8-11-20(21(13-17)31-2)32-15-16-6-9-18(10-7-16)27(29)30/h6-11,13-14,19,22H,3-5,12,15H2,1-2H3,(H,26,28)/b25-14+/t19-,22-,24-/m1/s1. The molecule has 2 fully saturated rings. The van der Waals surface area contributed by atoms with E-state index in [1.807, 2.05) is 6.07 Å². The Morgan fingerprint density at radius 1 is 1.25 bits per heavy atom. The average molecular weight is 437 g/mol. The fourth-order valence-corrected chi connectivity index (χ4v) is 4.85. The first-order chi connectivity index (χ1) is 15.4. The zero-order valence-corrected chi connectivity index (χ0v) is 18.2. The molecule has 0 radical (unpaired) electrons. The minimum atomic E-state index is -0.436. The number of nitro benzene ring substituents is 1. The number of rotatable bonds is 8. The summed E-state index contributed by atoms with van der Waals surface area (Å²) in [6.45, 7) is 2.46. The molecule has 0 heterocycles. The van der Waals surface area contributed by atoms with Gasteiger partial charge in [-0.15, -0.1) is 0 Å².